The fraction of sp³-hybridized carbons (Fsp3) is 0.889. The van der Waals surface area contributed by atoms with Crippen molar-refractivity contribution in [3.8, 4) is 0 Å². The highest BCUT2D eigenvalue weighted by molar-refractivity contribution is 5.36. The molecule has 0 aliphatic carbocycles. The van der Waals surface area contributed by atoms with Gasteiger partial charge in [-0.15, -0.1) is 0 Å². The van der Waals surface area contributed by atoms with Gasteiger partial charge in [-0.1, -0.05) is 0 Å². The summed E-state index contributed by atoms with van der Waals surface area (Å²) in [4.78, 5) is 12.1. The molecule has 0 atom stereocenters. The number of aliphatic hydroxyl groups excluding tert-OH is 1. The number of rotatable bonds is 5. The Balaban J connectivity index is 2.06. The van der Waals surface area contributed by atoms with Crippen LogP contribution in [0.1, 0.15) is 12.8 Å². The maximum atomic E-state index is 9.87. The molecule has 1 N–H and O–H groups in total. The van der Waals surface area contributed by atoms with Gasteiger partial charge in [-0.05, 0) is 31.8 Å². The number of hydrogen-bond donors (Lipinski definition) is 1. The Bertz CT molecular complexity index is 144. The summed E-state index contributed by atoms with van der Waals surface area (Å²) in [5, 5.41) is 8.90. The SMILES string of the molecule is O=COCCN1CCC(CO)CC1. The highest BCUT2D eigenvalue weighted by Gasteiger charge is 2.17. The third-order valence-electron chi connectivity index (χ3n) is 2.56. The summed E-state index contributed by atoms with van der Waals surface area (Å²) in [5.74, 6) is 0.475. The third-order valence-corrected chi connectivity index (χ3v) is 2.56. The molecule has 0 saturated carbocycles. The van der Waals surface area contributed by atoms with Gasteiger partial charge in [-0.2, -0.15) is 0 Å². The number of carbonyl (C=O) groups is 1. The Morgan fingerprint density at radius 1 is 1.46 bits per heavy atom. The van der Waals surface area contributed by atoms with Gasteiger partial charge in [0.05, 0.1) is 0 Å². The van der Waals surface area contributed by atoms with Crippen LogP contribution in [0.15, 0.2) is 0 Å². The minimum atomic E-state index is 0.304. The van der Waals surface area contributed by atoms with E-state index in [1.165, 1.54) is 0 Å². The molecule has 1 fully saturated rings. The summed E-state index contributed by atoms with van der Waals surface area (Å²) < 4.78 is 4.62. The number of ether oxygens (including phenoxy) is 1. The van der Waals surface area contributed by atoms with Gasteiger partial charge < -0.3 is 9.84 Å². The molecule has 13 heavy (non-hydrogen) atoms. The van der Waals surface area contributed by atoms with E-state index in [0.29, 0.717) is 25.6 Å². The second kappa shape index (κ2) is 5.94. The number of hydrogen-bond acceptors (Lipinski definition) is 4. The van der Waals surface area contributed by atoms with E-state index in [9.17, 15) is 4.79 Å². The molecular formula is C9H17NO3. The molecule has 1 aliphatic heterocycles. The van der Waals surface area contributed by atoms with Gasteiger partial charge in [0.15, 0.2) is 0 Å². The topological polar surface area (TPSA) is 49.8 Å². The second-order valence-corrected chi connectivity index (χ2v) is 3.43. The van der Waals surface area contributed by atoms with E-state index < -0.39 is 0 Å². The van der Waals surface area contributed by atoms with Crippen molar-refractivity contribution in [3.05, 3.63) is 0 Å². The normalized spacial score (nSPS) is 20.1. The largest absolute Gasteiger partial charge is 0.467 e. The lowest BCUT2D eigenvalue weighted by molar-refractivity contribution is -0.129. The Labute approximate surface area is 78.5 Å². The summed E-state index contributed by atoms with van der Waals surface area (Å²) in [6.45, 7) is 4.10. The quantitative estimate of drug-likeness (QED) is 0.481. The Morgan fingerprint density at radius 3 is 2.69 bits per heavy atom. The van der Waals surface area contributed by atoms with E-state index >= 15 is 0 Å². The lowest BCUT2D eigenvalue weighted by Crippen LogP contribution is -2.36. The minimum Gasteiger partial charge on any atom is -0.467 e. The smallest absolute Gasteiger partial charge is 0.293 e. The fourth-order valence-electron chi connectivity index (χ4n) is 1.62. The highest BCUT2D eigenvalue weighted by Crippen LogP contribution is 2.15. The molecule has 4 nitrogen and oxygen atoms in total. The van der Waals surface area contributed by atoms with Crippen molar-refractivity contribution in [2.75, 3.05) is 32.8 Å². The maximum Gasteiger partial charge on any atom is 0.293 e. The van der Waals surface area contributed by atoms with Gasteiger partial charge in [0.25, 0.3) is 6.47 Å². The van der Waals surface area contributed by atoms with Gasteiger partial charge in [0, 0.05) is 13.2 Å². The van der Waals surface area contributed by atoms with Crippen molar-refractivity contribution in [3.63, 3.8) is 0 Å². The van der Waals surface area contributed by atoms with Crippen LogP contribution in [-0.4, -0.2) is 49.3 Å². The molecule has 0 aromatic carbocycles. The lowest BCUT2D eigenvalue weighted by Gasteiger charge is -2.30. The molecular weight excluding hydrogens is 170 g/mol. The van der Waals surface area contributed by atoms with Crippen LogP contribution < -0.4 is 0 Å². The molecule has 0 spiro atoms. The van der Waals surface area contributed by atoms with Crippen molar-refractivity contribution >= 4 is 6.47 Å². The minimum absolute atomic E-state index is 0.304. The van der Waals surface area contributed by atoms with Crippen molar-refractivity contribution in [2.24, 2.45) is 5.92 Å². The molecule has 1 aliphatic rings. The average Bonchev–Trinajstić information content (AvgIpc) is 2.19. The maximum absolute atomic E-state index is 9.87. The zero-order valence-corrected chi connectivity index (χ0v) is 7.82. The third kappa shape index (κ3) is 3.74. The Kier molecular flexibility index (Phi) is 4.78. The zero-order chi connectivity index (χ0) is 9.52. The summed E-state index contributed by atoms with van der Waals surface area (Å²) in [6, 6.07) is 0. The predicted molar refractivity (Wildman–Crippen MR) is 48.3 cm³/mol. The zero-order valence-electron chi connectivity index (χ0n) is 7.82. The van der Waals surface area contributed by atoms with Gasteiger partial charge >= 0.3 is 0 Å². The van der Waals surface area contributed by atoms with Crippen molar-refractivity contribution in [1.82, 2.24) is 4.90 Å². The van der Waals surface area contributed by atoms with Gasteiger partial charge in [-0.25, -0.2) is 0 Å². The van der Waals surface area contributed by atoms with E-state index in [4.69, 9.17) is 5.11 Å². The molecule has 0 amide bonds. The molecule has 0 unspecified atom stereocenters. The van der Waals surface area contributed by atoms with E-state index in [-0.39, 0.29) is 0 Å². The molecule has 0 aromatic heterocycles. The summed E-state index contributed by atoms with van der Waals surface area (Å²) in [6.07, 6.45) is 2.11. The second-order valence-electron chi connectivity index (χ2n) is 3.43. The molecule has 0 bridgehead atoms. The number of carbonyl (C=O) groups excluding carboxylic acids is 1. The summed E-state index contributed by atoms with van der Waals surface area (Å²) in [5.41, 5.74) is 0. The monoisotopic (exact) mass is 187 g/mol. The van der Waals surface area contributed by atoms with Crippen molar-refractivity contribution < 1.29 is 14.6 Å². The number of likely N-dealkylation sites (tertiary alicyclic amines) is 1. The highest BCUT2D eigenvalue weighted by atomic mass is 16.5. The van der Waals surface area contributed by atoms with Crippen LogP contribution in [0, 0.1) is 5.92 Å². The lowest BCUT2D eigenvalue weighted by atomic mass is 9.98. The first-order chi connectivity index (χ1) is 6.36. The first-order valence-electron chi connectivity index (χ1n) is 4.75. The predicted octanol–water partition coefficient (Wildman–Crippen LogP) is -0.136. The van der Waals surface area contributed by atoms with E-state index in [1.54, 1.807) is 0 Å². The van der Waals surface area contributed by atoms with Crippen LogP contribution in [0.2, 0.25) is 0 Å². The first-order valence-corrected chi connectivity index (χ1v) is 4.75. The van der Waals surface area contributed by atoms with Crippen LogP contribution in [-0.2, 0) is 9.53 Å². The number of piperidine rings is 1. The molecule has 1 saturated heterocycles. The van der Waals surface area contributed by atoms with Gasteiger partial charge in [0.2, 0.25) is 0 Å². The van der Waals surface area contributed by atoms with Gasteiger partial charge in [0.1, 0.15) is 6.61 Å². The summed E-state index contributed by atoms with van der Waals surface area (Å²) >= 11 is 0. The average molecular weight is 187 g/mol. The van der Waals surface area contributed by atoms with Crippen LogP contribution in [0.5, 0.6) is 0 Å². The van der Waals surface area contributed by atoms with E-state index in [2.05, 4.69) is 9.64 Å². The molecule has 1 rings (SSSR count). The van der Waals surface area contributed by atoms with Crippen molar-refractivity contribution in [1.29, 1.82) is 0 Å². The summed E-state index contributed by atoms with van der Waals surface area (Å²) in [7, 11) is 0. The fourth-order valence-corrected chi connectivity index (χ4v) is 1.62. The van der Waals surface area contributed by atoms with Crippen LogP contribution in [0.4, 0.5) is 0 Å². The van der Waals surface area contributed by atoms with Gasteiger partial charge in [-0.3, -0.25) is 9.69 Å². The van der Waals surface area contributed by atoms with Crippen LogP contribution >= 0.6 is 0 Å². The molecule has 76 valence electrons. The number of nitrogens with zero attached hydrogens (tertiary/aromatic N) is 1. The molecule has 0 radical (unpaired) electrons. The Hall–Kier alpha value is -0.610. The van der Waals surface area contributed by atoms with Crippen LogP contribution in [0.25, 0.3) is 0 Å². The van der Waals surface area contributed by atoms with Crippen molar-refractivity contribution in [2.45, 2.75) is 12.8 Å². The van der Waals surface area contributed by atoms with E-state index in [0.717, 1.165) is 32.5 Å². The number of aliphatic hydroxyl groups is 1. The molecule has 0 aromatic rings. The van der Waals surface area contributed by atoms with E-state index in [1.807, 2.05) is 0 Å². The standard InChI is InChI=1S/C9H17NO3/c11-7-9-1-3-10(4-2-9)5-6-13-8-12/h8-9,11H,1-7H2. The molecule has 1 heterocycles. The molecule has 4 heteroatoms. The Morgan fingerprint density at radius 2 is 2.15 bits per heavy atom. The van der Waals surface area contributed by atoms with Crippen LogP contribution in [0.3, 0.4) is 0 Å². The first kappa shape index (κ1) is 10.5.